The first-order valence-electron chi connectivity index (χ1n) is 12.6. The molecule has 192 valence electrons. The zero-order chi connectivity index (χ0) is 26.9. The second kappa shape index (κ2) is 10.1. The minimum Gasteiger partial charge on any atom is -0.478 e. The van der Waals surface area contributed by atoms with Gasteiger partial charge < -0.3 is 21.1 Å². The molecule has 8 heteroatoms. The highest BCUT2D eigenvalue weighted by molar-refractivity contribution is 7.15. The van der Waals surface area contributed by atoms with Crippen LogP contribution in [0.4, 0.5) is 5.13 Å². The van der Waals surface area contributed by atoms with Gasteiger partial charge in [0.2, 0.25) is 0 Å². The molecule has 0 unspecified atom stereocenters. The Morgan fingerprint density at radius 3 is 2.74 bits per heavy atom. The van der Waals surface area contributed by atoms with E-state index in [2.05, 4.69) is 27.1 Å². The van der Waals surface area contributed by atoms with Crippen molar-refractivity contribution in [2.75, 3.05) is 5.73 Å². The Bertz CT molecular complexity index is 1790. The van der Waals surface area contributed by atoms with Gasteiger partial charge in [-0.15, -0.1) is 11.3 Å². The molecule has 1 atom stereocenters. The molecule has 0 spiro atoms. The number of aryl methyl sites for hydroxylation is 1. The van der Waals surface area contributed by atoms with Gasteiger partial charge in [0.25, 0.3) is 5.91 Å². The molecule has 7 nitrogen and oxygen atoms in total. The van der Waals surface area contributed by atoms with Crippen molar-refractivity contribution in [3.05, 3.63) is 106 Å². The van der Waals surface area contributed by atoms with Gasteiger partial charge in [-0.3, -0.25) is 4.79 Å². The fourth-order valence-electron chi connectivity index (χ4n) is 4.98. The average Bonchev–Trinajstić information content (AvgIpc) is 3.56. The number of carbonyl (C=O) groups is 2. The first-order chi connectivity index (χ1) is 18.9. The lowest BCUT2D eigenvalue weighted by atomic mass is 9.93. The van der Waals surface area contributed by atoms with E-state index in [0.29, 0.717) is 21.8 Å². The van der Waals surface area contributed by atoms with E-state index in [1.54, 1.807) is 36.4 Å². The summed E-state index contributed by atoms with van der Waals surface area (Å²) in [6.45, 7) is 0. The number of nitrogens with two attached hydrogens (primary N) is 1. The Labute approximate surface area is 228 Å². The lowest BCUT2D eigenvalue weighted by molar-refractivity contribution is 0.0697. The number of carboxylic acid groups (broad SMARTS) is 1. The van der Waals surface area contributed by atoms with Gasteiger partial charge in [-0.05, 0) is 72.3 Å². The largest absolute Gasteiger partial charge is 0.478 e. The summed E-state index contributed by atoms with van der Waals surface area (Å²) in [5.74, 6) is 5.14. The summed E-state index contributed by atoms with van der Waals surface area (Å²) in [6.07, 6.45) is 4.24. The number of benzene rings is 3. The molecule has 6 rings (SSSR count). The van der Waals surface area contributed by atoms with Crippen LogP contribution in [0.25, 0.3) is 22.0 Å². The normalized spacial score (nSPS) is 14.3. The molecule has 5 aromatic rings. The second-order valence-electron chi connectivity index (χ2n) is 9.48. The SMILES string of the molecule is Nc1nc2c(s1)C[C@@H](NC(=O)c1ccc(C#Cc3cccc(C(=O)O)c3-c3ccc4cc[nH]c4c3)cc1)CC2. The molecule has 0 saturated carbocycles. The molecule has 3 aromatic carbocycles. The third-order valence-corrected chi connectivity index (χ3v) is 7.87. The van der Waals surface area contributed by atoms with E-state index in [9.17, 15) is 14.7 Å². The molecule has 1 amide bonds. The predicted molar refractivity (Wildman–Crippen MR) is 153 cm³/mol. The number of carboxylic acids is 1. The number of aromatic carboxylic acids is 1. The van der Waals surface area contributed by atoms with E-state index in [4.69, 9.17) is 5.73 Å². The van der Waals surface area contributed by atoms with Crippen molar-refractivity contribution in [2.45, 2.75) is 25.3 Å². The molecular formula is C31H24N4O3S. The molecule has 2 heterocycles. The van der Waals surface area contributed by atoms with Crippen LogP contribution < -0.4 is 11.1 Å². The quantitative estimate of drug-likeness (QED) is 0.235. The van der Waals surface area contributed by atoms with Gasteiger partial charge in [0.1, 0.15) is 0 Å². The Hall–Kier alpha value is -4.87. The number of fused-ring (bicyclic) bond motifs is 2. The van der Waals surface area contributed by atoms with Crippen LogP contribution in [0.15, 0.2) is 72.9 Å². The van der Waals surface area contributed by atoms with Crippen LogP contribution in [0.5, 0.6) is 0 Å². The van der Waals surface area contributed by atoms with Crippen molar-refractivity contribution in [3.8, 4) is 23.0 Å². The number of H-pyrrole nitrogens is 1. The number of thiazole rings is 1. The average molecular weight is 533 g/mol. The number of anilines is 1. The maximum Gasteiger partial charge on any atom is 0.336 e. The molecule has 5 N–H and O–H groups in total. The molecular weight excluding hydrogens is 508 g/mol. The molecule has 0 bridgehead atoms. The van der Waals surface area contributed by atoms with Gasteiger partial charge in [-0.25, -0.2) is 9.78 Å². The molecule has 39 heavy (non-hydrogen) atoms. The van der Waals surface area contributed by atoms with Crippen LogP contribution in [0.1, 0.15) is 48.8 Å². The number of hydrogen-bond acceptors (Lipinski definition) is 5. The van der Waals surface area contributed by atoms with Crippen LogP contribution in [-0.2, 0) is 12.8 Å². The second-order valence-corrected chi connectivity index (χ2v) is 10.6. The lowest BCUT2D eigenvalue weighted by Crippen LogP contribution is -2.38. The van der Waals surface area contributed by atoms with E-state index in [-0.39, 0.29) is 17.5 Å². The van der Waals surface area contributed by atoms with Crippen molar-refractivity contribution in [2.24, 2.45) is 0 Å². The number of aromatic amines is 1. The van der Waals surface area contributed by atoms with E-state index < -0.39 is 5.97 Å². The monoisotopic (exact) mass is 532 g/mol. The Balaban J connectivity index is 1.22. The number of carbonyl (C=O) groups excluding carboxylic acids is 1. The summed E-state index contributed by atoms with van der Waals surface area (Å²) in [7, 11) is 0. The number of nitrogens with zero attached hydrogens (tertiary/aromatic N) is 1. The third kappa shape index (κ3) is 5.00. The Kier molecular flexibility index (Phi) is 6.35. The standard InChI is InChI=1S/C31H24N4O3S/c32-31-35-25-13-12-23(17-27(25)39-31)34-29(36)21-8-5-18(6-9-21)4-7-20-2-1-3-24(30(37)38)28(20)22-11-10-19-14-15-33-26(19)16-22/h1-3,5-6,8-11,14-16,23,33H,12-13,17H2,(H2,32,35)(H,34,36)(H,37,38)/t23-/m0/s1. The van der Waals surface area contributed by atoms with E-state index in [1.807, 2.05) is 36.5 Å². The molecule has 0 aliphatic heterocycles. The van der Waals surface area contributed by atoms with Crippen LogP contribution in [0.2, 0.25) is 0 Å². The summed E-state index contributed by atoms with van der Waals surface area (Å²) in [4.78, 5) is 33.6. The molecule has 1 aliphatic rings. The topological polar surface area (TPSA) is 121 Å². The van der Waals surface area contributed by atoms with Crippen LogP contribution >= 0.6 is 11.3 Å². The smallest absolute Gasteiger partial charge is 0.336 e. The van der Waals surface area contributed by atoms with Crippen molar-refractivity contribution in [3.63, 3.8) is 0 Å². The zero-order valence-corrected chi connectivity index (χ0v) is 21.6. The van der Waals surface area contributed by atoms with Crippen LogP contribution in [0.3, 0.4) is 0 Å². The Morgan fingerprint density at radius 1 is 1.08 bits per heavy atom. The summed E-state index contributed by atoms with van der Waals surface area (Å²) in [5.41, 5.74) is 11.2. The number of amides is 1. The summed E-state index contributed by atoms with van der Waals surface area (Å²) in [6, 6.07) is 20.1. The highest BCUT2D eigenvalue weighted by atomic mass is 32.1. The van der Waals surface area contributed by atoms with Crippen molar-refractivity contribution >= 4 is 39.2 Å². The van der Waals surface area contributed by atoms with Crippen molar-refractivity contribution in [1.82, 2.24) is 15.3 Å². The highest BCUT2D eigenvalue weighted by Crippen LogP contribution is 2.31. The molecule has 0 radical (unpaired) electrons. The van der Waals surface area contributed by atoms with Gasteiger partial charge in [-0.2, -0.15) is 0 Å². The van der Waals surface area contributed by atoms with E-state index in [0.717, 1.165) is 51.9 Å². The summed E-state index contributed by atoms with van der Waals surface area (Å²) < 4.78 is 0. The van der Waals surface area contributed by atoms with Crippen LogP contribution in [0, 0.1) is 11.8 Å². The fourth-order valence-corrected chi connectivity index (χ4v) is 5.94. The van der Waals surface area contributed by atoms with Crippen LogP contribution in [-0.4, -0.2) is 33.0 Å². The summed E-state index contributed by atoms with van der Waals surface area (Å²) in [5, 5.41) is 14.6. The van der Waals surface area contributed by atoms with E-state index in [1.165, 1.54) is 11.3 Å². The van der Waals surface area contributed by atoms with Gasteiger partial charge in [-0.1, -0.05) is 30.0 Å². The molecule has 0 fully saturated rings. The number of nitrogen functional groups attached to an aromatic ring is 1. The molecule has 2 aromatic heterocycles. The summed E-state index contributed by atoms with van der Waals surface area (Å²) >= 11 is 1.49. The highest BCUT2D eigenvalue weighted by Gasteiger charge is 2.23. The van der Waals surface area contributed by atoms with Gasteiger partial charge >= 0.3 is 5.97 Å². The van der Waals surface area contributed by atoms with Crippen molar-refractivity contribution < 1.29 is 14.7 Å². The number of rotatable bonds is 4. The van der Waals surface area contributed by atoms with Gasteiger partial charge in [0.05, 0.1) is 11.3 Å². The van der Waals surface area contributed by atoms with Gasteiger partial charge in [0.15, 0.2) is 5.13 Å². The number of nitrogens with one attached hydrogen (secondary N) is 2. The first-order valence-corrected chi connectivity index (χ1v) is 13.4. The maximum absolute atomic E-state index is 12.9. The number of hydrogen-bond donors (Lipinski definition) is 4. The number of aromatic nitrogens is 2. The molecule has 1 aliphatic carbocycles. The Morgan fingerprint density at radius 2 is 1.92 bits per heavy atom. The first kappa shape index (κ1) is 24.5. The lowest BCUT2D eigenvalue weighted by Gasteiger charge is -2.22. The van der Waals surface area contributed by atoms with Crippen molar-refractivity contribution in [1.29, 1.82) is 0 Å². The predicted octanol–water partition coefficient (Wildman–Crippen LogP) is 5.26. The maximum atomic E-state index is 12.9. The van der Waals surface area contributed by atoms with Gasteiger partial charge in [0, 0.05) is 51.3 Å². The molecule has 0 saturated heterocycles. The minimum atomic E-state index is -1.01. The third-order valence-electron chi connectivity index (χ3n) is 6.92. The minimum absolute atomic E-state index is 0.0504. The van der Waals surface area contributed by atoms with E-state index >= 15 is 0 Å². The zero-order valence-electron chi connectivity index (χ0n) is 20.8. The fraction of sp³-hybridized carbons (Fsp3) is 0.129.